The smallest absolute Gasteiger partial charge is 0.127 e. The molecule has 0 radical (unpaired) electrons. The highest BCUT2D eigenvalue weighted by atomic mass is 79.9. The SMILES string of the molecule is CC(Nc1cc(Br)ccn1)c1cnn(C)c1. The fourth-order valence-corrected chi connectivity index (χ4v) is 1.79. The van der Waals surface area contributed by atoms with Crippen molar-refractivity contribution < 1.29 is 0 Å². The van der Waals surface area contributed by atoms with Crippen LogP contribution >= 0.6 is 15.9 Å². The Morgan fingerprint density at radius 3 is 2.94 bits per heavy atom. The van der Waals surface area contributed by atoms with E-state index in [1.165, 1.54) is 0 Å². The number of hydrogen-bond acceptors (Lipinski definition) is 3. The van der Waals surface area contributed by atoms with Crippen LogP contribution in [0.25, 0.3) is 0 Å². The molecule has 0 aliphatic rings. The van der Waals surface area contributed by atoms with E-state index in [0.29, 0.717) is 0 Å². The number of aryl methyl sites for hydroxylation is 1. The molecule has 0 amide bonds. The molecule has 1 unspecified atom stereocenters. The third-order valence-electron chi connectivity index (χ3n) is 2.31. The van der Waals surface area contributed by atoms with Gasteiger partial charge in [-0.3, -0.25) is 4.68 Å². The van der Waals surface area contributed by atoms with E-state index < -0.39 is 0 Å². The van der Waals surface area contributed by atoms with E-state index in [2.05, 4.69) is 38.3 Å². The maximum absolute atomic E-state index is 4.24. The summed E-state index contributed by atoms with van der Waals surface area (Å²) in [7, 11) is 1.91. The Balaban J connectivity index is 2.10. The molecule has 0 saturated carbocycles. The number of pyridine rings is 1. The standard InChI is InChI=1S/C11H13BrN4/c1-8(9-6-14-16(2)7-9)15-11-5-10(12)3-4-13-11/h3-8H,1-2H3,(H,13,15). The third-order valence-corrected chi connectivity index (χ3v) is 2.80. The number of nitrogens with zero attached hydrogens (tertiary/aromatic N) is 3. The normalized spacial score (nSPS) is 12.4. The Bertz CT molecular complexity index is 480. The van der Waals surface area contributed by atoms with Crippen LogP contribution in [0.2, 0.25) is 0 Å². The van der Waals surface area contributed by atoms with E-state index in [9.17, 15) is 0 Å². The van der Waals surface area contributed by atoms with Crippen LogP contribution in [0.3, 0.4) is 0 Å². The number of halogens is 1. The first-order chi connectivity index (χ1) is 7.65. The Hall–Kier alpha value is -1.36. The lowest BCUT2D eigenvalue weighted by atomic mass is 10.2. The highest BCUT2D eigenvalue weighted by Crippen LogP contribution is 2.19. The van der Waals surface area contributed by atoms with Crippen LogP contribution < -0.4 is 5.32 Å². The molecular formula is C11H13BrN4. The number of rotatable bonds is 3. The second-order valence-corrected chi connectivity index (χ2v) is 4.59. The van der Waals surface area contributed by atoms with Gasteiger partial charge in [0, 0.05) is 29.5 Å². The van der Waals surface area contributed by atoms with Crippen LogP contribution in [-0.2, 0) is 7.05 Å². The van der Waals surface area contributed by atoms with Gasteiger partial charge in [-0.15, -0.1) is 0 Å². The van der Waals surface area contributed by atoms with Crippen LogP contribution in [0.5, 0.6) is 0 Å². The molecule has 2 rings (SSSR count). The molecule has 0 aromatic carbocycles. The molecule has 4 nitrogen and oxygen atoms in total. The summed E-state index contributed by atoms with van der Waals surface area (Å²) in [6.07, 6.45) is 5.62. The maximum Gasteiger partial charge on any atom is 0.127 e. The summed E-state index contributed by atoms with van der Waals surface area (Å²) in [5, 5.41) is 7.46. The maximum atomic E-state index is 4.24. The van der Waals surface area contributed by atoms with Crippen LogP contribution in [0.15, 0.2) is 35.2 Å². The molecule has 0 saturated heterocycles. The van der Waals surface area contributed by atoms with Gasteiger partial charge in [0.05, 0.1) is 12.2 Å². The fraction of sp³-hybridized carbons (Fsp3) is 0.273. The highest BCUT2D eigenvalue weighted by Gasteiger charge is 2.07. The van der Waals surface area contributed by atoms with Gasteiger partial charge < -0.3 is 5.32 Å². The first kappa shape index (κ1) is 11.1. The van der Waals surface area contributed by atoms with E-state index in [-0.39, 0.29) is 6.04 Å². The van der Waals surface area contributed by atoms with Gasteiger partial charge in [0.1, 0.15) is 5.82 Å². The molecule has 0 aliphatic carbocycles. The lowest BCUT2D eigenvalue weighted by Crippen LogP contribution is -2.06. The summed E-state index contributed by atoms with van der Waals surface area (Å²) in [5.41, 5.74) is 1.14. The Labute approximate surface area is 103 Å². The zero-order valence-electron chi connectivity index (χ0n) is 9.18. The lowest BCUT2D eigenvalue weighted by molar-refractivity contribution is 0.765. The van der Waals surface area contributed by atoms with Gasteiger partial charge in [0.15, 0.2) is 0 Å². The van der Waals surface area contributed by atoms with Crippen molar-refractivity contribution in [3.8, 4) is 0 Å². The minimum absolute atomic E-state index is 0.190. The molecule has 5 heteroatoms. The predicted octanol–water partition coefficient (Wildman–Crippen LogP) is 2.75. The van der Waals surface area contributed by atoms with Crippen LogP contribution in [-0.4, -0.2) is 14.8 Å². The summed E-state index contributed by atoms with van der Waals surface area (Å²) in [6, 6.07) is 4.04. The largest absolute Gasteiger partial charge is 0.363 e. The predicted molar refractivity (Wildman–Crippen MR) is 67.2 cm³/mol. The summed E-state index contributed by atoms with van der Waals surface area (Å²) in [6.45, 7) is 2.08. The second kappa shape index (κ2) is 4.65. The first-order valence-corrected chi connectivity index (χ1v) is 5.81. The number of hydrogen-bond donors (Lipinski definition) is 1. The molecule has 0 spiro atoms. The average Bonchev–Trinajstić information content (AvgIpc) is 2.65. The number of anilines is 1. The molecule has 0 fully saturated rings. The Morgan fingerprint density at radius 1 is 1.50 bits per heavy atom. The molecule has 1 N–H and O–H groups in total. The Kier molecular flexibility index (Phi) is 3.24. The van der Waals surface area contributed by atoms with Crippen molar-refractivity contribution in [1.82, 2.24) is 14.8 Å². The van der Waals surface area contributed by atoms with E-state index in [0.717, 1.165) is 15.9 Å². The molecule has 2 aromatic rings. The van der Waals surface area contributed by atoms with Gasteiger partial charge in [-0.1, -0.05) is 15.9 Å². The summed E-state index contributed by atoms with van der Waals surface area (Å²) in [4.78, 5) is 4.24. The second-order valence-electron chi connectivity index (χ2n) is 3.67. The van der Waals surface area contributed by atoms with Crippen molar-refractivity contribution in [2.24, 2.45) is 7.05 Å². The minimum atomic E-state index is 0.190. The van der Waals surface area contributed by atoms with Crippen molar-refractivity contribution in [1.29, 1.82) is 0 Å². The molecule has 2 heterocycles. The molecule has 0 aliphatic heterocycles. The monoisotopic (exact) mass is 280 g/mol. The quantitative estimate of drug-likeness (QED) is 0.940. The van der Waals surface area contributed by atoms with E-state index in [1.54, 1.807) is 10.9 Å². The zero-order valence-corrected chi connectivity index (χ0v) is 10.8. The first-order valence-electron chi connectivity index (χ1n) is 5.02. The van der Waals surface area contributed by atoms with Gasteiger partial charge in [-0.05, 0) is 19.1 Å². The van der Waals surface area contributed by atoms with Crippen LogP contribution in [0.1, 0.15) is 18.5 Å². The van der Waals surface area contributed by atoms with Crippen molar-refractivity contribution in [3.63, 3.8) is 0 Å². The molecule has 2 aromatic heterocycles. The number of nitrogens with one attached hydrogen (secondary N) is 1. The fourth-order valence-electron chi connectivity index (χ4n) is 1.45. The minimum Gasteiger partial charge on any atom is -0.363 e. The van der Waals surface area contributed by atoms with Crippen molar-refractivity contribution in [2.75, 3.05) is 5.32 Å². The molecule has 0 bridgehead atoms. The summed E-state index contributed by atoms with van der Waals surface area (Å²) < 4.78 is 2.81. The van der Waals surface area contributed by atoms with Gasteiger partial charge in [-0.25, -0.2) is 4.98 Å². The lowest BCUT2D eigenvalue weighted by Gasteiger charge is -2.12. The van der Waals surface area contributed by atoms with E-state index in [4.69, 9.17) is 0 Å². The molecular weight excluding hydrogens is 268 g/mol. The van der Waals surface area contributed by atoms with Crippen molar-refractivity contribution in [2.45, 2.75) is 13.0 Å². The molecule has 16 heavy (non-hydrogen) atoms. The van der Waals surface area contributed by atoms with Crippen molar-refractivity contribution in [3.05, 3.63) is 40.8 Å². The van der Waals surface area contributed by atoms with Crippen LogP contribution in [0, 0.1) is 0 Å². The topological polar surface area (TPSA) is 42.7 Å². The number of aromatic nitrogens is 3. The molecule has 84 valence electrons. The summed E-state index contributed by atoms with van der Waals surface area (Å²) in [5.74, 6) is 0.853. The van der Waals surface area contributed by atoms with Crippen LogP contribution in [0.4, 0.5) is 5.82 Å². The van der Waals surface area contributed by atoms with Gasteiger partial charge >= 0.3 is 0 Å². The molecule has 1 atom stereocenters. The van der Waals surface area contributed by atoms with E-state index >= 15 is 0 Å². The average molecular weight is 281 g/mol. The van der Waals surface area contributed by atoms with Gasteiger partial charge in [-0.2, -0.15) is 5.10 Å². The van der Waals surface area contributed by atoms with Crippen molar-refractivity contribution >= 4 is 21.7 Å². The highest BCUT2D eigenvalue weighted by molar-refractivity contribution is 9.10. The zero-order chi connectivity index (χ0) is 11.5. The van der Waals surface area contributed by atoms with E-state index in [1.807, 2.05) is 31.6 Å². The van der Waals surface area contributed by atoms with Gasteiger partial charge in [0.2, 0.25) is 0 Å². The van der Waals surface area contributed by atoms with Gasteiger partial charge in [0.25, 0.3) is 0 Å². The summed E-state index contributed by atoms with van der Waals surface area (Å²) >= 11 is 3.42. The third kappa shape index (κ3) is 2.61. The Morgan fingerprint density at radius 2 is 2.31 bits per heavy atom.